The smallest absolute Gasteiger partial charge is 0.257 e. The Labute approximate surface area is 76.7 Å². The number of fused-ring (bicyclic) bond motifs is 2. The Bertz CT molecular complexity index is 295. The number of aromatic nitrogens is 1. The lowest BCUT2D eigenvalue weighted by Gasteiger charge is -2.28. The Morgan fingerprint density at radius 2 is 2.08 bits per heavy atom. The summed E-state index contributed by atoms with van der Waals surface area (Å²) in [4.78, 5) is 4.13. The maximum absolute atomic E-state index is 5.77. The summed E-state index contributed by atoms with van der Waals surface area (Å²) in [6.07, 6.45) is 5.64. The van der Waals surface area contributed by atoms with E-state index >= 15 is 0 Å². The zero-order valence-corrected chi connectivity index (χ0v) is 7.27. The van der Waals surface area contributed by atoms with E-state index in [4.69, 9.17) is 9.47 Å². The largest absolute Gasteiger partial charge is 0.481 e. The fraction of sp³-hybridized carbons (Fsp3) is 0.500. The van der Waals surface area contributed by atoms with Gasteiger partial charge >= 0.3 is 0 Å². The van der Waals surface area contributed by atoms with E-state index in [1.54, 1.807) is 6.20 Å². The van der Waals surface area contributed by atoms with E-state index < -0.39 is 0 Å². The third-order valence-electron chi connectivity index (χ3n) is 2.67. The van der Waals surface area contributed by atoms with Crippen LogP contribution < -0.4 is 9.47 Å². The van der Waals surface area contributed by atoms with Gasteiger partial charge in [-0.05, 0) is 31.4 Å². The molecule has 68 valence electrons. The molecule has 1 aromatic heterocycles. The normalized spacial score (nSPS) is 29.8. The molecule has 0 saturated heterocycles. The molecule has 3 rings (SSSR count). The van der Waals surface area contributed by atoms with Crippen LogP contribution in [-0.4, -0.2) is 17.2 Å². The van der Waals surface area contributed by atoms with Gasteiger partial charge in [0.1, 0.15) is 12.2 Å². The quantitative estimate of drug-likeness (QED) is 0.605. The second kappa shape index (κ2) is 2.62. The van der Waals surface area contributed by atoms with Gasteiger partial charge in [-0.3, -0.25) is 0 Å². The Kier molecular flexibility index (Phi) is 1.45. The van der Waals surface area contributed by atoms with Crippen LogP contribution in [0.15, 0.2) is 18.3 Å². The summed E-state index contributed by atoms with van der Waals surface area (Å²) in [7, 11) is 0. The SMILES string of the molecule is c1cnc2c(c1)O[C@H]1CCC[C@H]1O2. The molecule has 1 fully saturated rings. The van der Waals surface area contributed by atoms with Crippen molar-refractivity contribution in [1.82, 2.24) is 4.98 Å². The van der Waals surface area contributed by atoms with Gasteiger partial charge in [-0.2, -0.15) is 0 Å². The molecule has 2 atom stereocenters. The summed E-state index contributed by atoms with van der Waals surface area (Å²) in [5.74, 6) is 1.45. The van der Waals surface area contributed by atoms with Gasteiger partial charge in [-0.15, -0.1) is 0 Å². The molecule has 0 spiro atoms. The Balaban J connectivity index is 1.97. The third kappa shape index (κ3) is 1.07. The number of ether oxygens (including phenoxy) is 2. The molecule has 13 heavy (non-hydrogen) atoms. The van der Waals surface area contributed by atoms with Crippen molar-refractivity contribution in [3.63, 3.8) is 0 Å². The molecule has 0 bridgehead atoms. The van der Waals surface area contributed by atoms with Crippen LogP contribution in [0.25, 0.3) is 0 Å². The van der Waals surface area contributed by atoms with E-state index in [9.17, 15) is 0 Å². The molecule has 1 aliphatic heterocycles. The van der Waals surface area contributed by atoms with E-state index in [0.29, 0.717) is 5.88 Å². The fourth-order valence-corrected chi connectivity index (χ4v) is 2.02. The average molecular weight is 177 g/mol. The highest BCUT2D eigenvalue weighted by Gasteiger charge is 2.35. The molecule has 1 aliphatic carbocycles. The summed E-state index contributed by atoms with van der Waals surface area (Å²) in [5, 5.41) is 0. The molecule has 0 radical (unpaired) electrons. The van der Waals surface area contributed by atoms with Gasteiger partial charge in [0.25, 0.3) is 5.88 Å². The van der Waals surface area contributed by atoms with Gasteiger partial charge < -0.3 is 9.47 Å². The average Bonchev–Trinajstić information content (AvgIpc) is 2.61. The Morgan fingerprint density at radius 3 is 3.00 bits per heavy atom. The monoisotopic (exact) mass is 177 g/mol. The van der Waals surface area contributed by atoms with Crippen LogP contribution in [0.3, 0.4) is 0 Å². The van der Waals surface area contributed by atoms with Crippen molar-refractivity contribution in [3.8, 4) is 11.6 Å². The van der Waals surface area contributed by atoms with Crippen LogP contribution in [0.1, 0.15) is 19.3 Å². The topological polar surface area (TPSA) is 31.4 Å². The van der Waals surface area contributed by atoms with E-state index in [-0.39, 0.29) is 12.2 Å². The zero-order chi connectivity index (χ0) is 8.67. The van der Waals surface area contributed by atoms with Crippen molar-refractivity contribution in [2.24, 2.45) is 0 Å². The van der Waals surface area contributed by atoms with Crippen molar-refractivity contribution in [2.45, 2.75) is 31.5 Å². The van der Waals surface area contributed by atoms with E-state index in [1.165, 1.54) is 6.42 Å². The van der Waals surface area contributed by atoms with E-state index in [1.807, 2.05) is 12.1 Å². The van der Waals surface area contributed by atoms with Crippen molar-refractivity contribution in [1.29, 1.82) is 0 Å². The molecule has 1 saturated carbocycles. The van der Waals surface area contributed by atoms with Gasteiger partial charge in [0.05, 0.1) is 0 Å². The lowest BCUT2D eigenvalue weighted by Crippen LogP contribution is -2.35. The van der Waals surface area contributed by atoms with Crippen LogP contribution in [0.5, 0.6) is 11.6 Å². The van der Waals surface area contributed by atoms with Gasteiger partial charge in [-0.25, -0.2) is 4.98 Å². The highest BCUT2D eigenvalue weighted by molar-refractivity contribution is 5.34. The minimum absolute atomic E-state index is 0.238. The van der Waals surface area contributed by atoms with Gasteiger partial charge in [-0.1, -0.05) is 0 Å². The first kappa shape index (κ1) is 7.18. The minimum Gasteiger partial charge on any atom is -0.481 e. The lowest BCUT2D eigenvalue weighted by atomic mass is 10.2. The number of hydrogen-bond acceptors (Lipinski definition) is 3. The molecule has 0 aromatic carbocycles. The number of pyridine rings is 1. The van der Waals surface area contributed by atoms with E-state index in [2.05, 4.69) is 4.98 Å². The first-order valence-corrected chi connectivity index (χ1v) is 4.72. The summed E-state index contributed by atoms with van der Waals surface area (Å²) in [6.45, 7) is 0. The molecule has 2 aliphatic rings. The summed E-state index contributed by atoms with van der Waals surface area (Å²) < 4.78 is 11.5. The molecule has 1 aromatic rings. The highest BCUT2D eigenvalue weighted by atomic mass is 16.6. The Morgan fingerprint density at radius 1 is 1.23 bits per heavy atom. The van der Waals surface area contributed by atoms with Crippen LogP contribution in [0.2, 0.25) is 0 Å². The van der Waals surface area contributed by atoms with Crippen LogP contribution in [0, 0.1) is 0 Å². The number of rotatable bonds is 0. The highest BCUT2D eigenvalue weighted by Crippen LogP contribution is 2.37. The van der Waals surface area contributed by atoms with E-state index in [0.717, 1.165) is 18.6 Å². The van der Waals surface area contributed by atoms with Crippen LogP contribution in [-0.2, 0) is 0 Å². The molecular weight excluding hydrogens is 166 g/mol. The first-order valence-electron chi connectivity index (χ1n) is 4.72. The Hall–Kier alpha value is -1.25. The second-order valence-corrected chi connectivity index (χ2v) is 3.55. The van der Waals surface area contributed by atoms with Crippen LogP contribution in [0.4, 0.5) is 0 Å². The molecule has 0 amide bonds. The van der Waals surface area contributed by atoms with Crippen molar-refractivity contribution >= 4 is 0 Å². The summed E-state index contributed by atoms with van der Waals surface area (Å²) in [5.41, 5.74) is 0. The number of hydrogen-bond donors (Lipinski definition) is 0. The predicted molar refractivity (Wildman–Crippen MR) is 46.9 cm³/mol. The molecule has 2 heterocycles. The van der Waals surface area contributed by atoms with Crippen molar-refractivity contribution < 1.29 is 9.47 Å². The molecular formula is C10H11NO2. The molecule has 0 N–H and O–H groups in total. The maximum atomic E-state index is 5.77. The fourth-order valence-electron chi connectivity index (χ4n) is 2.02. The molecule has 0 unspecified atom stereocenters. The molecule has 3 heteroatoms. The zero-order valence-electron chi connectivity index (χ0n) is 7.27. The summed E-state index contributed by atoms with van der Waals surface area (Å²) in [6, 6.07) is 3.79. The van der Waals surface area contributed by atoms with Gasteiger partial charge in [0.15, 0.2) is 5.75 Å². The predicted octanol–water partition coefficient (Wildman–Crippen LogP) is 1.77. The summed E-state index contributed by atoms with van der Waals surface area (Å²) >= 11 is 0. The van der Waals surface area contributed by atoms with Crippen molar-refractivity contribution in [3.05, 3.63) is 18.3 Å². The first-order chi connectivity index (χ1) is 6.43. The van der Waals surface area contributed by atoms with Crippen LogP contribution >= 0.6 is 0 Å². The standard InChI is InChI=1S/C10H11NO2/c1-3-7-8(4-1)13-10-9(12-7)5-2-6-11-10/h2,5-8H,1,3-4H2/t7-,8+/m0/s1. The van der Waals surface area contributed by atoms with Gasteiger partial charge in [0, 0.05) is 6.20 Å². The van der Waals surface area contributed by atoms with Gasteiger partial charge in [0.2, 0.25) is 0 Å². The molecule has 3 nitrogen and oxygen atoms in total. The lowest BCUT2D eigenvalue weighted by molar-refractivity contribution is 0.0382. The number of nitrogens with zero attached hydrogens (tertiary/aromatic N) is 1. The van der Waals surface area contributed by atoms with Crippen molar-refractivity contribution in [2.75, 3.05) is 0 Å². The second-order valence-electron chi connectivity index (χ2n) is 3.55. The minimum atomic E-state index is 0.238. The maximum Gasteiger partial charge on any atom is 0.257 e. The third-order valence-corrected chi connectivity index (χ3v) is 2.67.